The van der Waals surface area contributed by atoms with E-state index in [1.807, 2.05) is 0 Å². The topological polar surface area (TPSA) is 106 Å². The van der Waals surface area contributed by atoms with Crippen LogP contribution in [0.25, 0.3) is 11.0 Å². The highest BCUT2D eigenvalue weighted by Gasteiger charge is 2.22. The van der Waals surface area contributed by atoms with Gasteiger partial charge in [-0.05, 0) is 30.7 Å². The molecule has 166 valence electrons. The normalized spacial score (nSPS) is 13.9. The highest BCUT2D eigenvalue weighted by Crippen LogP contribution is 2.31. The number of nitro benzene ring substituents is 1. The third-order valence-electron chi connectivity index (χ3n) is 5.41. The quantitative estimate of drug-likeness (QED) is 0.328. The Morgan fingerprint density at radius 1 is 1.16 bits per heavy atom. The summed E-state index contributed by atoms with van der Waals surface area (Å²) in [5, 5.41) is 11.8. The predicted molar refractivity (Wildman–Crippen MR) is 120 cm³/mol. The zero-order valence-corrected chi connectivity index (χ0v) is 18.0. The standard InChI is InChI=1S/C22H20ClN3O6/c1-14-10-22(28)32-19-12-20(18(23)11-17(14)19)31-13-21(27)25-8-6-24(7-9-25)15-2-4-16(5-3-15)26(29)30/h2-5,10-12H,6-9,13H2,1H3. The molecular formula is C22H20ClN3O6. The van der Waals surface area contributed by atoms with E-state index in [1.165, 1.54) is 24.3 Å². The van der Waals surface area contributed by atoms with Crippen molar-refractivity contribution < 1.29 is 18.9 Å². The van der Waals surface area contributed by atoms with E-state index in [-0.39, 0.29) is 24.0 Å². The molecule has 1 aliphatic rings. The average Bonchev–Trinajstić information content (AvgIpc) is 2.78. The monoisotopic (exact) mass is 457 g/mol. The summed E-state index contributed by atoms with van der Waals surface area (Å²) >= 11 is 6.28. The van der Waals surface area contributed by atoms with Gasteiger partial charge in [0.15, 0.2) is 6.61 Å². The van der Waals surface area contributed by atoms with E-state index < -0.39 is 10.5 Å². The lowest BCUT2D eigenvalue weighted by atomic mass is 10.1. The Kier molecular flexibility index (Phi) is 6.00. The van der Waals surface area contributed by atoms with Crippen molar-refractivity contribution in [3.63, 3.8) is 0 Å². The van der Waals surface area contributed by atoms with Crippen LogP contribution in [0.4, 0.5) is 11.4 Å². The maximum absolute atomic E-state index is 12.6. The molecule has 4 rings (SSSR count). The van der Waals surface area contributed by atoms with Crippen LogP contribution in [-0.2, 0) is 4.79 Å². The van der Waals surface area contributed by atoms with E-state index >= 15 is 0 Å². The molecule has 1 amide bonds. The van der Waals surface area contributed by atoms with Crippen LogP contribution in [0, 0.1) is 17.0 Å². The molecule has 2 heterocycles. The van der Waals surface area contributed by atoms with Crippen LogP contribution in [0.2, 0.25) is 5.02 Å². The first-order chi connectivity index (χ1) is 15.3. The molecule has 0 spiro atoms. The molecule has 1 aromatic heterocycles. The van der Waals surface area contributed by atoms with Crippen LogP contribution in [0.3, 0.4) is 0 Å². The van der Waals surface area contributed by atoms with Crippen molar-refractivity contribution in [1.29, 1.82) is 0 Å². The number of benzene rings is 2. The lowest BCUT2D eigenvalue weighted by Crippen LogP contribution is -2.50. The van der Waals surface area contributed by atoms with Crippen LogP contribution in [0.1, 0.15) is 5.56 Å². The Labute approximate surface area is 187 Å². The van der Waals surface area contributed by atoms with E-state index in [0.717, 1.165) is 11.3 Å². The van der Waals surface area contributed by atoms with Crippen LogP contribution in [-0.4, -0.2) is 48.5 Å². The van der Waals surface area contributed by atoms with Gasteiger partial charge in [0.25, 0.3) is 11.6 Å². The Morgan fingerprint density at radius 2 is 1.84 bits per heavy atom. The van der Waals surface area contributed by atoms with Gasteiger partial charge in [-0.1, -0.05) is 11.6 Å². The SMILES string of the molecule is Cc1cc(=O)oc2cc(OCC(=O)N3CCN(c4ccc([N+](=O)[O-])cc4)CC3)c(Cl)cc12. The first-order valence-corrected chi connectivity index (χ1v) is 10.3. The highest BCUT2D eigenvalue weighted by molar-refractivity contribution is 6.32. The lowest BCUT2D eigenvalue weighted by molar-refractivity contribution is -0.384. The highest BCUT2D eigenvalue weighted by atomic mass is 35.5. The molecule has 1 aliphatic heterocycles. The van der Waals surface area contributed by atoms with Crippen LogP contribution >= 0.6 is 11.6 Å². The number of non-ortho nitro benzene ring substituents is 1. The number of nitro groups is 1. The van der Waals surface area contributed by atoms with Gasteiger partial charge in [-0.25, -0.2) is 4.79 Å². The number of hydrogen-bond acceptors (Lipinski definition) is 7. The summed E-state index contributed by atoms with van der Waals surface area (Å²) in [5.41, 5.74) is 1.54. The zero-order valence-electron chi connectivity index (χ0n) is 17.2. The van der Waals surface area contributed by atoms with E-state index in [0.29, 0.717) is 42.2 Å². The summed E-state index contributed by atoms with van der Waals surface area (Å²) in [6, 6.07) is 10.9. The van der Waals surface area contributed by atoms with E-state index in [9.17, 15) is 19.7 Å². The fourth-order valence-corrected chi connectivity index (χ4v) is 3.88. The Bertz CT molecular complexity index is 1230. The second-order valence-corrected chi connectivity index (χ2v) is 7.86. The Balaban J connectivity index is 1.36. The number of rotatable bonds is 5. The van der Waals surface area contributed by atoms with Crippen molar-refractivity contribution in [3.05, 3.63) is 73.6 Å². The molecule has 32 heavy (non-hydrogen) atoms. The molecule has 10 heteroatoms. The molecule has 0 unspecified atom stereocenters. The van der Waals surface area contributed by atoms with Gasteiger partial charge in [0.05, 0.1) is 9.95 Å². The van der Waals surface area contributed by atoms with Gasteiger partial charge in [0.2, 0.25) is 0 Å². The smallest absolute Gasteiger partial charge is 0.336 e. The summed E-state index contributed by atoms with van der Waals surface area (Å²) in [7, 11) is 0. The number of ether oxygens (including phenoxy) is 1. The van der Waals surface area contributed by atoms with Gasteiger partial charge in [-0.15, -0.1) is 0 Å². The van der Waals surface area contributed by atoms with Crippen molar-refractivity contribution in [3.8, 4) is 5.75 Å². The molecule has 3 aromatic rings. The first kappa shape index (κ1) is 21.6. The second-order valence-electron chi connectivity index (χ2n) is 7.46. The molecular weight excluding hydrogens is 438 g/mol. The van der Waals surface area contributed by atoms with Gasteiger partial charge in [0, 0.05) is 61.5 Å². The summed E-state index contributed by atoms with van der Waals surface area (Å²) in [5.74, 6) is 0.0843. The third kappa shape index (κ3) is 4.52. The number of amides is 1. The Morgan fingerprint density at radius 3 is 2.50 bits per heavy atom. The number of halogens is 1. The van der Waals surface area contributed by atoms with Crippen LogP contribution < -0.4 is 15.3 Å². The maximum atomic E-state index is 12.6. The van der Waals surface area contributed by atoms with Gasteiger partial charge in [0.1, 0.15) is 11.3 Å². The molecule has 0 bridgehead atoms. The second kappa shape index (κ2) is 8.88. The number of hydrogen-bond donors (Lipinski definition) is 0. The van der Waals surface area contributed by atoms with E-state index in [4.69, 9.17) is 20.8 Å². The molecule has 9 nitrogen and oxygen atoms in total. The summed E-state index contributed by atoms with van der Waals surface area (Å²) < 4.78 is 10.8. The number of carbonyl (C=O) groups is 1. The van der Waals surface area contributed by atoms with Crippen molar-refractivity contribution in [2.45, 2.75) is 6.92 Å². The summed E-state index contributed by atoms with van der Waals surface area (Å²) in [4.78, 5) is 38.3. The fraction of sp³-hybridized carbons (Fsp3) is 0.273. The Hall–Kier alpha value is -3.59. The molecule has 0 N–H and O–H groups in total. The van der Waals surface area contributed by atoms with Crippen molar-refractivity contribution >= 4 is 39.9 Å². The molecule has 0 saturated carbocycles. The molecule has 2 aromatic carbocycles. The number of piperazine rings is 1. The summed E-state index contributed by atoms with van der Waals surface area (Å²) in [6.07, 6.45) is 0. The van der Waals surface area contributed by atoms with Crippen LogP contribution in [0.15, 0.2) is 51.7 Å². The molecule has 0 aliphatic carbocycles. The van der Waals surface area contributed by atoms with Crippen molar-refractivity contribution in [2.75, 3.05) is 37.7 Å². The van der Waals surface area contributed by atoms with E-state index in [2.05, 4.69) is 4.90 Å². The number of anilines is 1. The summed E-state index contributed by atoms with van der Waals surface area (Å²) in [6.45, 7) is 3.79. The number of nitrogens with zero attached hydrogens (tertiary/aromatic N) is 3. The van der Waals surface area contributed by atoms with Crippen molar-refractivity contribution in [1.82, 2.24) is 4.90 Å². The van der Waals surface area contributed by atoms with Crippen molar-refractivity contribution in [2.24, 2.45) is 0 Å². The minimum Gasteiger partial charge on any atom is -0.482 e. The minimum atomic E-state index is -0.467. The number of fused-ring (bicyclic) bond motifs is 1. The number of aryl methyl sites for hydroxylation is 1. The fourth-order valence-electron chi connectivity index (χ4n) is 3.66. The zero-order chi connectivity index (χ0) is 22.8. The largest absolute Gasteiger partial charge is 0.482 e. The molecule has 0 atom stereocenters. The average molecular weight is 458 g/mol. The van der Waals surface area contributed by atoms with Crippen LogP contribution in [0.5, 0.6) is 5.75 Å². The van der Waals surface area contributed by atoms with Gasteiger partial charge in [-0.2, -0.15) is 0 Å². The molecule has 1 saturated heterocycles. The number of carbonyl (C=O) groups excluding carboxylic acids is 1. The maximum Gasteiger partial charge on any atom is 0.336 e. The van der Waals surface area contributed by atoms with Gasteiger partial charge < -0.3 is 19.0 Å². The van der Waals surface area contributed by atoms with E-state index in [1.54, 1.807) is 30.0 Å². The van der Waals surface area contributed by atoms with Gasteiger partial charge in [-0.3, -0.25) is 14.9 Å². The lowest BCUT2D eigenvalue weighted by Gasteiger charge is -2.36. The third-order valence-corrected chi connectivity index (χ3v) is 5.71. The molecule has 0 radical (unpaired) electrons. The first-order valence-electron chi connectivity index (χ1n) is 9.96. The predicted octanol–water partition coefficient (Wildman–Crippen LogP) is 3.39. The minimum absolute atomic E-state index is 0.0431. The van der Waals surface area contributed by atoms with Gasteiger partial charge >= 0.3 is 5.63 Å². The molecule has 1 fully saturated rings.